The van der Waals surface area contributed by atoms with Gasteiger partial charge < -0.3 is 10.6 Å². The van der Waals surface area contributed by atoms with Crippen molar-refractivity contribution in [3.63, 3.8) is 0 Å². The zero-order valence-corrected chi connectivity index (χ0v) is 16.0. The molecule has 3 rings (SSSR count). The maximum absolute atomic E-state index is 13.8. The van der Waals surface area contributed by atoms with Crippen molar-refractivity contribution < 1.29 is 9.18 Å². The van der Waals surface area contributed by atoms with E-state index in [1.165, 1.54) is 24.4 Å². The summed E-state index contributed by atoms with van der Waals surface area (Å²) in [6, 6.07) is 7.93. The summed E-state index contributed by atoms with van der Waals surface area (Å²) in [4.78, 5) is 21.1. The Morgan fingerprint density at radius 1 is 1.32 bits per heavy atom. The topological polar surface area (TPSA) is 66.9 Å². The number of para-hydroxylation sites is 1. The Labute approximate surface area is 160 Å². The Kier molecular flexibility index (Phi) is 5.31. The molecular weight excluding hydrogens is 431 g/mol. The number of thiazole rings is 1. The third-order valence-electron chi connectivity index (χ3n) is 3.22. The molecule has 0 saturated carbocycles. The zero-order valence-electron chi connectivity index (χ0n) is 12.8. The lowest BCUT2D eigenvalue weighted by Crippen LogP contribution is -2.11. The number of amides is 1. The molecule has 0 fully saturated rings. The number of aryl methyl sites for hydroxylation is 1. The summed E-state index contributed by atoms with van der Waals surface area (Å²) in [6.07, 6.45) is 1.41. The van der Waals surface area contributed by atoms with Gasteiger partial charge >= 0.3 is 0 Å². The van der Waals surface area contributed by atoms with Crippen molar-refractivity contribution in [2.75, 3.05) is 10.6 Å². The van der Waals surface area contributed by atoms with Gasteiger partial charge in [0, 0.05) is 0 Å². The second-order valence-electron chi connectivity index (χ2n) is 5.00. The van der Waals surface area contributed by atoms with Crippen molar-refractivity contribution >= 4 is 61.4 Å². The molecule has 2 heterocycles. The predicted molar refractivity (Wildman–Crippen MR) is 101 cm³/mol. The summed E-state index contributed by atoms with van der Waals surface area (Å²) < 4.78 is 14.4. The third kappa shape index (κ3) is 4.15. The maximum atomic E-state index is 13.8. The molecule has 0 aliphatic carbocycles. The quantitative estimate of drug-likeness (QED) is 0.532. The Bertz CT molecular complexity index is 929. The number of benzene rings is 1. The Hall–Kier alpha value is -2.03. The highest BCUT2D eigenvalue weighted by Crippen LogP contribution is 2.28. The van der Waals surface area contributed by atoms with Crippen molar-refractivity contribution in [2.45, 2.75) is 6.92 Å². The fourth-order valence-electron chi connectivity index (χ4n) is 1.96. The molecule has 2 N–H and O–H groups in total. The predicted octanol–water partition coefficient (Wildman–Crippen LogP) is 5.40. The molecule has 0 atom stereocenters. The molecule has 25 heavy (non-hydrogen) atoms. The lowest BCUT2D eigenvalue weighted by atomic mass is 10.3. The van der Waals surface area contributed by atoms with E-state index in [1.54, 1.807) is 0 Å². The molecule has 0 spiro atoms. The number of nitrogens with one attached hydrogen (secondary N) is 2. The highest BCUT2D eigenvalue weighted by atomic mass is 79.9. The monoisotopic (exact) mass is 440 g/mol. The van der Waals surface area contributed by atoms with Crippen molar-refractivity contribution in [2.24, 2.45) is 0 Å². The molecule has 9 heteroatoms. The van der Waals surface area contributed by atoms with Gasteiger partial charge in [0.15, 0.2) is 5.13 Å². The van der Waals surface area contributed by atoms with Crippen LogP contribution in [0.1, 0.15) is 15.2 Å². The summed E-state index contributed by atoms with van der Waals surface area (Å²) in [6.45, 7) is 1.91. The average molecular weight is 442 g/mol. The van der Waals surface area contributed by atoms with Crippen LogP contribution in [0.5, 0.6) is 0 Å². The number of nitrogens with zero attached hydrogens (tertiary/aromatic N) is 2. The van der Waals surface area contributed by atoms with Gasteiger partial charge in [-0.2, -0.15) is 0 Å². The number of hydrogen-bond acceptors (Lipinski definition) is 5. The average Bonchev–Trinajstić information content (AvgIpc) is 3.03. The molecule has 0 aliphatic rings. The van der Waals surface area contributed by atoms with Crippen molar-refractivity contribution in [3.8, 4) is 0 Å². The first kappa shape index (κ1) is 17.8. The van der Waals surface area contributed by atoms with E-state index in [9.17, 15) is 9.18 Å². The normalized spacial score (nSPS) is 10.6. The number of halogens is 3. The van der Waals surface area contributed by atoms with E-state index in [1.807, 2.05) is 19.1 Å². The molecule has 1 aromatic carbocycles. The molecule has 3 aromatic rings. The first-order valence-corrected chi connectivity index (χ1v) is 9.04. The van der Waals surface area contributed by atoms with E-state index in [-0.39, 0.29) is 10.7 Å². The molecule has 0 saturated heterocycles. The Morgan fingerprint density at radius 3 is 2.88 bits per heavy atom. The molecule has 128 valence electrons. The van der Waals surface area contributed by atoms with Crippen LogP contribution in [0, 0.1) is 12.7 Å². The van der Waals surface area contributed by atoms with Gasteiger partial charge in [-0.25, -0.2) is 14.4 Å². The van der Waals surface area contributed by atoms with Crippen molar-refractivity contribution in [1.82, 2.24) is 9.97 Å². The first-order valence-electron chi connectivity index (χ1n) is 7.05. The summed E-state index contributed by atoms with van der Waals surface area (Å²) in [5.74, 6) is -0.457. The van der Waals surface area contributed by atoms with Crippen LogP contribution in [-0.4, -0.2) is 15.9 Å². The molecule has 1 amide bonds. The number of carbonyl (C=O) groups is 1. The van der Waals surface area contributed by atoms with Gasteiger partial charge in [-0.15, -0.1) is 0 Å². The Morgan fingerprint density at radius 2 is 2.12 bits per heavy atom. The SMILES string of the molecule is Cc1ccc(Br)nc1Nc1ncc(C(=O)Nc2c(F)cccc2Cl)s1. The molecule has 0 aliphatic heterocycles. The minimum absolute atomic E-state index is 0.0541. The number of aromatic nitrogens is 2. The van der Waals surface area contributed by atoms with Gasteiger partial charge in [-0.1, -0.05) is 35.1 Å². The summed E-state index contributed by atoms with van der Waals surface area (Å²) in [5.41, 5.74) is 0.879. The highest BCUT2D eigenvalue weighted by molar-refractivity contribution is 9.10. The van der Waals surface area contributed by atoms with Crippen molar-refractivity contribution in [1.29, 1.82) is 0 Å². The molecule has 0 radical (unpaired) electrons. The summed E-state index contributed by atoms with van der Waals surface area (Å²) in [5, 5.41) is 6.16. The molecule has 5 nitrogen and oxygen atoms in total. The highest BCUT2D eigenvalue weighted by Gasteiger charge is 2.15. The summed E-state index contributed by atoms with van der Waals surface area (Å²) >= 11 is 10.3. The molecular formula is C16H11BrClFN4OS. The van der Waals surface area contributed by atoms with E-state index in [4.69, 9.17) is 11.6 Å². The minimum Gasteiger partial charge on any atom is -0.317 e. The van der Waals surface area contributed by atoms with E-state index in [0.717, 1.165) is 16.9 Å². The minimum atomic E-state index is -0.599. The zero-order chi connectivity index (χ0) is 18.0. The van der Waals surface area contributed by atoms with Crippen molar-refractivity contribution in [3.05, 3.63) is 62.4 Å². The van der Waals surface area contributed by atoms with Gasteiger partial charge in [0.2, 0.25) is 0 Å². The van der Waals surface area contributed by atoms with Gasteiger partial charge in [0.1, 0.15) is 21.1 Å². The Balaban J connectivity index is 1.77. The van der Waals surface area contributed by atoms with Crippen LogP contribution in [0.25, 0.3) is 0 Å². The lowest BCUT2D eigenvalue weighted by molar-refractivity contribution is 0.103. The lowest BCUT2D eigenvalue weighted by Gasteiger charge is -2.07. The van der Waals surface area contributed by atoms with E-state index < -0.39 is 11.7 Å². The van der Waals surface area contributed by atoms with Crippen LogP contribution in [0.2, 0.25) is 5.02 Å². The maximum Gasteiger partial charge on any atom is 0.267 e. The fraction of sp³-hybridized carbons (Fsp3) is 0.0625. The van der Waals surface area contributed by atoms with Gasteiger partial charge in [0.25, 0.3) is 5.91 Å². The van der Waals surface area contributed by atoms with Crippen LogP contribution in [0.4, 0.5) is 21.0 Å². The van der Waals surface area contributed by atoms with Gasteiger partial charge in [-0.05, 0) is 46.6 Å². The van der Waals surface area contributed by atoms with E-state index in [0.29, 0.717) is 20.4 Å². The molecule has 0 unspecified atom stereocenters. The first-order chi connectivity index (χ1) is 11.9. The van der Waals surface area contributed by atoms with Crippen LogP contribution < -0.4 is 10.6 Å². The number of pyridine rings is 1. The fourth-order valence-corrected chi connectivity index (χ4v) is 3.19. The third-order valence-corrected chi connectivity index (χ3v) is 4.89. The van der Waals surface area contributed by atoms with Gasteiger partial charge in [-0.3, -0.25) is 4.79 Å². The van der Waals surface area contributed by atoms with Gasteiger partial charge in [0.05, 0.1) is 16.9 Å². The second kappa shape index (κ2) is 7.47. The smallest absolute Gasteiger partial charge is 0.267 e. The number of hydrogen-bond donors (Lipinski definition) is 2. The van der Waals surface area contributed by atoms with Crippen LogP contribution in [0.15, 0.2) is 41.1 Å². The number of carbonyl (C=O) groups excluding carboxylic acids is 1. The molecule has 0 bridgehead atoms. The van der Waals surface area contributed by atoms with Crippen LogP contribution in [0.3, 0.4) is 0 Å². The second-order valence-corrected chi connectivity index (χ2v) is 7.26. The van der Waals surface area contributed by atoms with E-state index >= 15 is 0 Å². The largest absolute Gasteiger partial charge is 0.317 e. The number of anilines is 3. The van der Waals surface area contributed by atoms with Crippen LogP contribution in [-0.2, 0) is 0 Å². The molecule has 2 aromatic heterocycles. The summed E-state index contributed by atoms with van der Waals surface area (Å²) in [7, 11) is 0. The van der Waals surface area contributed by atoms with E-state index in [2.05, 4.69) is 36.5 Å². The number of rotatable bonds is 4. The van der Waals surface area contributed by atoms with Crippen LogP contribution >= 0.6 is 38.9 Å². The standard InChI is InChI=1S/C16H11BrClFN4OS/c1-8-5-6-12(17)21-14(8)23-16-20-7-11(25-16)15(24)22-13-9(18)3-2-4-10(13)19/h2-7H,1H3,(H,22,24)(H,20,21,23).